The SMILES string of the molecule is CC(=O)SCCOCCOCCOCCN. The van der Waals surface area contributed by atoms with Crippen LogP contribution in [0.15, 0.2) is 0 Å². The standard InChI is InChI=1S/C10H21NO4S/c1-10(12)16-9-8-15-7-6-14-5-4-13-3-2-11/h2-9,11H2,1H3. The molecule has 0 aliphatic rings. The van der Waals surface area contributed by atoms with Crippen LogP contribution in [0, 0.1) is 0 Å². The van der Waals surface area contributed by atoms with E-state index in [1.165, 1.54) is 11.8 Å². The molecule has 96 valence electrons. The summed E-state index contributed by atoms with van der Waals surface area (Å²) in [4.78, 5) is 10.6. The second-order valence-corrected chi connectivity index (χ2v) is 4.24. The maximum absolute atomic E-state index is 10.6. The van der Waals surface area contributed by atoms with Crippen molar-refractivity contribution in [2.45, 2.75) is 6.92 Å². The number of hydrogen-bond acceptors (Lipinski definition) is 6. The summed E-state index contributed by atoms with van der Waals surface area (Å²) in [5.74, 6) is 0.703. The van der Waals surface area contributed by atoms with E-state index in [-0.39, 0.29) is 5.12 Å². The lowest BCUT2D eigenvalue weighted by molar-refractivity contribution is -0.109. The monoisotopic (exact) mass is 251 g/mol. The Hall–Kier alpha value is -0.140. The van der Waals surface area contributed by atoms with E-state index < -0.39 is 0 Å². The summed E-state index contributed by atoms with van der Waals surface area (Å²) in [6, 6.07) is 0. The molecule has 0 fully saturated rings. The second-order valence-electron chi connectivity index (χ2n) is 2.97. The Morgan fingerprint density at radius 3 is 2.00 bits per heavy atom. The molecule has 0 spiro atoms. The highest BCUT2D eigenvalue weighted by Gasteiger charge is 1.94. The molecule has 5 nitrogen and oxygen atoms in total. The van der Waals surface area contributed by atoms with Crippen LogP contribution in [-0.2, 0) is 19.0 Å². The number of hydrogen-bond donors (Lipinski definition) is 1. The lowest BCUT2D eigenvalue weighted by atomic mass is 10.7. The van der Waals surface area contributed by atoms with Gasteiger partial charge in [-0.1, -0.05) is 11.8 Å². The molecule has 0 aromatic heterocycles. The van der Waals surface area contributed by atoms with Gasteiger partial charge in [-0.2, -0.15) is 0 Å². The second kappa shape index (κ2) is 12.9. The Kier molecular flexibility index (Phi) is 12.8. The van der Waals surface area contributed by atoms with Crippen molar-refractivity contribution >= 4 is 16.9 Å². The number of rotatable bonds is 11. The van der Waals surface area contributed by atoms with Crippen LogP contribution in [0.1, 0.15) is 6.92 Å². The normalized spacial score (nSPS) is 10.6. The molecule has 0 aromatic rings. The fourth-order valence-electron chi connectivity index (χ4n) is 0.870. The third-order valence-corrected chi connectivity index (χ3v) is 2.32. The van der Waals surface area contributed by atoms with Gasteiger partial charge in [-0.3, -0.25) is 4.79 Å². The molecular formula is C10H21NO4S. The summed E-state index contributed by atoms with van der Waals surface area (Å²) in [7, 11) is 0. The van der Waals surface area contributed by atoms with Crippen molar-refractivity contribution in [1.82, 2.24) is 0 Å². The van der Waals surface area contributed by atoms with Gasteiger partial charge in [0.05, 0.1) is 39.6 Å². The molecule has 0 bridgehead atoms. The van der Waals surface area contributed by atoms with Crippen molar-refractivity contribution in [2.24, 2.45) is 5.73 Å². The number of nitrogens with two attached hydrogens (primary N) is 1. The summed E-state index contributed by atoms with van der Waals surface area (Å²) in [6.07, 6.45) is 0. The highest BCUT2D eigenvalue weighted by atomic mass is 32.2. The van der Waals surface area contributed by atoms with Crippen LogP contribution in [-0.4, -0.2) is 57.1 Å². The lowest BCUT2D eigenvalue weighted by Crippen LogP contribution is -2.13. The topological polar surface area (TPSA) is 70.8 Å². The molecule has 0 aliphatic heterocycles. The molecule has 0 aliphatic carbocycles. The lowest BCUT2D eigenvalue weighted by Gasteiger charge is -2.05. The van der Waals surface area contributed by atoms with E-state index in [2.05, 4.69) is 0 Å². The predicted molar refractivity (Wildman–Crippen MR) is 64.7 cm³/mol. The van der Waals surface area contributed by atoms with Crippen LogP contribution >= 0.6 is 11.8 Å². The van der Waals surface area contributed by atoms with Gasteiger partial charge in [0.25, 0.3) is 0 Å². The summed E-state index contributed by atoms with van der Waals surface area (Å²) in [5, 5.41) is 0.122. The van der Waals surface area contributed by atoms with Crippen molar-refractivity contribution < 1.29 is 19.0 Å². The molecule has 2 N–H and O–H groups in total. The highest BCUT2D eigenvalue weighted by molar-refractivity contribution is 8.13. The Morgan fingerprint density at radius 1 is 1.00 bits per heavy atom. The number of thioether (sulfide) groups is 1. The van der Waals surface area contributed by atoms with E-state index >= 15 is 0 Å². The number of carbonyl (C=O) groups is 1. The predicted octanol–water partition coefficient (Wildman–Crippen LogP) is 0.275. The molecule has 16 heavy (non-hydrogen) atoms. The van der Waals surface area contributed by atoms with Gasteiger partial charge in [0, 0.05) is 19.2 Å². The molecule has 0 atom stereocenters. The molecule has 0 radical (unpaired) electrons. The van der Waals surface area contributed by atoms with Crippen LogP contribution in [0.25, 0.3) is 0 Å². The van der Waals surface area contributed by atoms with Crippen molar-refractivity contribution in [2.75, 3.05) is 51.9 Å². The van der Waals surface area contributed by atoms with E-state index in [1.54, 1.807) is 6.92 Å². The first-order valence-electron chi connectivity index (χ1n) is 5.34. The first-order chi connectivity index (χ1) is 7.77. The minimum absolute atomic E-state index is 0.122. The minimum Gasteiger partial charge on any atom is -0.378 e. The van der Waals surface area contributed by atoms with Crippen molar-refractivity contribution in [3.63, 3.8) is 0 Å². The fraction of sp³-hybridized carbons (Fsp3) is 0.900. The van der Waals surface area contributed by atoms with Crippen LogP contribution in [0.4, 0.5) is 0 Å². The van der Waals surface area contributed by atoms with E-state index in [9.17, 15) is 4.79 Å². The highest BCUT2D eigenvalue weighted by Crippen LogP contribution is 1.99. The quantitative estimate of drug-likeness (QED) is 0.532. The van der Waals surface area contributed by atoms with Gasteiger partial charge in [0.15, 0.2) is 5.12 Å². The Labute approximate surface area is 101 Å². The maximum Gasteiger partial charge on any atom is 0.185 e. The van der Waals surface area contributed by atoms with Gasteiger partial charge < -0.3 is 19.9 Å². The smallest absolute Gasteiger partial charge is 0.185 e. The van der Waals surface area contributed by atoms with Crippen LogP contribution in [0.5, 0.6) is 0 Å². The zero-order valence-electron chi connectivity index (χ0n) is 9.78. The third-order valence-electron chi connectivity index (χ3n) is 1.54. The Balaban J connectivity index is 2.90. The van der Waals surface area contributed by atoms with Crippen molar-refractivity contribution in [3.8, 4) is 0 Å². The minimum atomic E-state index is 0.122. The van der Waals surface area contributed by atoms with Gasteiger partial charge in [-0.05, 0) is 0 Å². The molecular weight excluding hydrogens is 230 g/mol. The summed E-state index contributed by atoms with van der Waals surface area (Å²) < 4.78 is 15.6. The van der Waals surface area contributed by atoms with E-state index in [0.29, 0.717) is 51.9 Å². The molecule has 0 amide bonds. The number of ether oxygens (including phenoxy) is 3. The van der Waals surface area contributed by atoms with Crippen LogP contribution in [0.3, 0.4) is 0 Å². The molecule has 0 aromatic carbocycles. The maximum atomic E-state index is 10.6. The van der Waals surface area contributed by atoms with Crippen molar-refractivity contribution in [3.05, 3.63) is 0 Å². The van der Waals surface area contributed by atoms with Gasteiger partial charge in [0.1, 0.15) is 0 Å². The molecule has 0 unspecified atom stereocenters. The van der Waals surface area contributed by atoms with E-state index in [4.69, 9.17) is 19.9 Å². The van der Waals surface area contributed by atoms with E-state index in [1.807, 2.05) is 0 Å². The van der Waals surface area contributed by atoms with Crippen molar-refractivity contribution in [1.29, 1.82) is 0 Å². The third kappa shape index (κ3) is 13.9. The average Bonchev–Trinajstić information content (AvgIpc) is 2.25. The fourth-order valence-corrected chi connectivity index (χ4v) is 1.36. The zero-order chi connectivity index (χ0) is 12.1. The first kappa shape index (κ1) is 15.9. The molecule has 0 heterocycles. The van der Waals surface area contributed by atoms with Gasteiger partial charge in [0.2, 0.25) is 0 Å². The molecule has 0 saturated carbocycles. The largest absolute Gasteiger partial charge is 0.378 e. The van der Waals surface area contributed by atoms with Gasteiger partial charge in [-0.25, -0.2) is 0 Å². The Morgan fingerprint density at radius 2 is 1.50 bits per heavy atom. The Bertz CT molecular complexity index is 169. The zero-order valence-corrected chi connectivity index (χ0v) is 10.6. The molecule has 0 rings (SSSR count). The van der Waals surface area contributed by atoms with E-state index in [0.717, 1.165) is 0 Å². The summed E-state index contributed by atoms with van der Waals surface area (Å²) in [5.41, 5.74) is 5.25. The molecule has 0 saturated heterocycles. The number of carbonyl (C=O) groups excluding carboxylic acids is 1. The average molecular weight is 251 g/mol. The molecule has 6 heteroatoms. The summed E-state index contributed by atoms with van der Waals surface area (Å²) >= 11 is 1.27. The first-order valence-corrected chi connectivity index (χ1v) is 6.32. The van der Waals surface area contributed by atoms with Gasteiger partial charge in [-0.15, -0.1) is 0 Å². The summed E-state index contributed by atoms with van der Waals surface area (Å²) in [6.45, 7) is 5.47. The van der Waals surface area contributed by atoms with Crippen LogP contribution < -0.4 is 5.73 Å². The van der Waals surface area contributed by atoms with Crippen LogP contribution in [0.2, 0.25) is 0 Å². The van der Waals surface area contributed by atoms with Gasteiger partial charge >= 0.3 is 0 Å².